The third kappa shape index (κ3) is 28.0. The summed E-state index contributed by atoms with van der Waals surface area (Å²) < 4.78 is 4.48. The largest absolute Gasteiger partial charge is 0.447 e. The van der Waals surface area contributed by atoms with Gasteiger partial charge in [-0.1, -0.05) is 132 Å². The molecule has 0 radical (unpaired) electrons. The summed E-state index contributed by atoms with van der Waals surface area (Å²) in [6.07, 6.45) is 32.8. The molecule has 0 aliphatic carbocycles. The SMILES string of the molecule is CC/C=C\C/C=C\C/C=C\C/C=C\C/C=C\C/C=C\CCC(=O)NCCSSC(C)(C)[C@@H](CNC(=O)OC[C@@H](O)CO)NC(=O)CCCc1ccccc1. The van der Waals surface area contributed by atoms with Crippen LogP contribution in [0, 0.1) is 0 Å². The van der Waals surface area contributed by atoms with Gasteiger partial charge < -0.3 is 30.9 Å². The molecule has 1 rings (SSSR count). The number of allylic oxidation sites excluding steroid dienone is 12. The molecule has 0 fully saturated rings. The number of alkyl carbamates (subject to hydrolysis) is 1. The van der Waals surface area contributed by atoms with Crippen LogP contribution in [0.5, 0.6) is 0 Å². The number of aliphatic hydroxyl groups is 2. The van der Waals surface area contributed by atoms with Crippen LogP contribution in [0.15, 0.2) is 103 Å². The van der Waals surface area contributed by atoms with Gasteiger partial charge in [-0.15, -0.1) is 0 Å². The quantitative estimate of drug-likeness (QED) is 0.0299. The zero-order valence-corrected chi connectivity index (χ0v) is 34.3. The predicted octanol–water partition coefficient (Wildman–Crippen LogP) is 8.33. The van der Waals surface area contributed by atoms with Gasteiger partial charge in [0.05, 0.1) is 12.6 Å². The average Bonchev–Trinajstić information content (AvgIpc) is 3.16. The summed E-state index contributed by atoms with van der Waals surface area (Å²) in [6, 6.07) is 9.57. The molecule has 0 heterocycles. The minimum atomic E-state index is -1.16. The Kier molecular flexibility index (Phi) is 29.5. The number of nitrogens with one attached hydrogen (secondary N) is 3. The molecule has 11 heteroatoms. The smallest absolute Gasteiger partial charge is 0.407 e. The van der Waals surface area contributed by atoms with Crippen LogP contribution >= 0.6 is 21.6 Å². The molecule has 0 bridgehead atoms. The second-order valence-corrected chi connectivity index (χ2v) is 16.2. The molecular weight excluding hydrogens is 719 g/mol. The molecule has 0 spiro atoms. The monoisotopic (exact) mass is 783 g/mol. The van der Waals surface area contributed by atoms with Crippen molar-refractivity contribution in [3.05, 3.63) is 109 Å². The van der Waals surface area contributed by atoms with E-state index in [1.165, 1.54) is 5.56 Å². The number of benzene rings is 1. The number of carbonyl (C=O) groups excluding carboxylic acids is 3. The van der Waals surface area contributed by atoms with Gasteiger partial charge in [-0.25, -0.2) is 4.79 Å². The lowest BCUT2D eigenvalue weighted by Gasteiger charge is -2.34. The van der Waals surface area contributed by atoms with Crippen molar-refractivity contribution in [2.24, 2.45) is 0 Å². The van der Waals surface area contributed by atoms with Crippen molar-refractivity contribution in [1.82, 2.24) is 16.0 Å². The summed E-state index contributed by atoms with van der Waals surface area (Å²) in [5.41, 5.74) is 1.17. The van der Waals surface area contributed by atoms with E-state index in [4.69, 9.17) is 9.84 Å². The third-order valence-electron chi connectivity index (χ3n) is 7.87. The lowest BCUT2D eigenvalue weighted by Crippen LogP contribution is -2.53. The molecular formula is C43H65N3O6S2. The zero-order chi connectivity index (χ0) is 39.5. The normalized spacial score (nSPS) is 13.5. The lowest BCUT2D eigenvalue weighted by atomic mass is 10.0. The first-order valence-corrected chi connectivity index (χ1v) is 21.5. The van der Waals surface area contributed by atoms with Crippen molar-refractivity contribution in [1.29, 1.82) is 0 Å². The maximum atomic E-state index is 12.9. The molecule has 0 aliphatic heterocycles. The molecule has 54 heavy (non-hydrogen) atoms. The lowest BCUT2D eigenvalue weighted by molar-refractivity contribution is -0.122. The number of rotatable bonds is 30. The molecule has 5 N–H and O–H groups in total. The molecule has 0 saturated carbocycles. The molecule has 1 aromatic carbocycles. The second-order valence-electron chi connectivity index (χ2n) is 13.1. The highest BCUT2D eigenvalue weighted by Gasteiger charge is 2.32. The van der Waals surface area contributed by atoms with Crippen molar-refractivity contribution < 1.29 is 29.3 Å². The molecule has 0 unspecified atom stereocenters. The van der Waals surface area contributed by atoms with E-state index in [2.05, 4.69) is 89.7 Å². The topological polar surface area (TPSA) is 137 Å². The van der Waals surface area contributed by atoms with Gasteiger partial charge in [0.2, 0.25) is 11.8 Å². The van der Waals surface area contributed by atoms with E-state index in [0.29, 0.717) is 38.0 Å². The molecule has 9 nitrogen and oxygen atoms in total. The molecule has 3 amide bonds. The number of aliphatic hydroxyl groups excluding tert-OH is 2. The number of hydrogen-bond acceptors (Lipinski definition) is 8. The first-order valence-electron chi connectivity index (χ1n) is 19.2. The van der Waals surface area contributed by atoms with Gasteiger partial charge in [0.1, 0.15) is 12.7 Å². The number of carbonyl (C=O) groups is 3. The Balaban J connectivity index is 2.33. The van der Waals surface area contributed by atoms with E-state index in [1.54, 1.807) is 21.6 Å². The average molecular weight is 784 g/mol. The standard InChI is InChI=1S/C43H65N3O6S2/c1-4-5-6-7-8-9-10-11-12-13-14-15-16-17-18-19-20-21-25-30-40(49)44-32-33-53-54-43(2,3)39(34-45-42(51)52-36-38(48)35-47)46-41(50)31-26-29-37-27-23-22-24-28-37/h5-6,8-9,11-12,14-15,17-18,20-24,27-28,38-39,47-48H,4,7,10,13,16,19,25-26,29-36H2,1-3H3,(H,44,49)(H,45,51)(H,46,50)/b6-5-,9-8-,12-11-,15-14-,18-17-,21-20-/t38-,39+/m0/s1. The van der Waals surface area contributed by atoms with E-state index in [0.717, 1.165) is 44.9 Å². The maximum Gasteiger partial charge on any atom is 0.407 e. The van der Waals surface area contributed by atoms with Crippen molar-refractivity contribution >= 4 is 39.5 Å². The second kappa shape index (κ2) is 32.9. The minimum Gasteiger partial charge on any atom is -0.447 e. The summed E-state index contributed by atoms with van der Waals surface area (Å²) >= 11 is 0. The third-order valence-corrected chi connectivity index (χ3v) is 11.2. The van der Waals surface area contributed by atoms with Crippen molar-refractivity contribution in [3.63, 3.8) is 0 Å². The van der Waals surface area contributed by atoms with Crippen LogP contribution in [0.4, 0.5) is 4.79 Å². The van der Waals surface area contributed by atoms with Gasteiger partial charge in [-0.3, -0.25) is 9.59 Å². The first-order chi connectivity index (χ1) is 26.2. The van der Waals surface area contributed by atoms with E-state index < -0.39 is 29.6 Å². The van der Waals surface area contributed by atoms with Crippen molar-refractivity contribution in [2.75, 3.05) is 32.1 Å². The van der Waals surface area contributed by atoms with Crippen LogP contribution in [-0.4, -0.2) is 77.1 Å². The van der Waals surface area contributed by atoms with Gasteiger partial charge in [0, 0.05) is 36.4 Å². The van der Waals surface area contributed by atoms with E-state index in [-0.39, 0.29) is 25.0 Å². The maximum absolute atomic E-state index is 12.9. The van der Waals surface area contributed by atoms with Crippen LogP contribution in [0.3, 0.4) is 0 Å². The summed E-state index contributed by atoms with van der Waals surface area (Å²) in [5.74, 6) is 0.570. The highest BCUT2D eigenvalue weighted by Crippen LogP contribution is 2.38. The van der Waals surface area contributed by atoms with Crippen molar-refractivity contribution in [3.8, 4) is 0 Å². The van der Waals surface area contributed by atoms with Gasteiger partial charge in [-0.2, -0.15) is 0 Å². The summed E-state index contributed by atoms with van der Waals surface area (Å²) in [7, 11) is 3.16. The van der Waals surface area contributed by atoms with Crippen molar-refractivity contribution in [2.45, 2.75) is 108 Å². The summed E-state index contributed by atoms with van der Waals surface area (Å²) in [4.78, 5) is 37.5. The molecule has 0 aromatic heterocycles. The Morgan fingerprint density at radius 1 is 0.796 bits per heavy atom. The number of aryl methyl sites for hydroxylation is 1. The number of ether oxygens (including phenoxy) is 1. The Labute approximate surface area is 332 Å². The van der Waals surface area contributed by atoms with Gasteiger partial charge >= 0.3 is 6.09 Å². The fourth-order valence-corrected chi connectivity index (χ4v) is 7.31. The molecule has 2 atom stereocenters. The molecule has 0 aliphatic rings. The first kappa shape index (κ1) is 48.5. The molecule has 0 saturated heterocycles. The number of hydrogen-bond donors (Lipinski definition) is 5. The summed E-state index contributed by atoms with van der Waals surface area (Å²) in [6.45, 7) is 5.92. The van der Waals surface area contributed by atoms with Crippen LogP contribution in [0.2, 0.25) is 0 Å². The Bertz CT molecular complexity index is 1330. The number of amides is 3. The van der Waals surface area contributed by atoms with Crippen LogP contribution < -0.4 is 16.0 Å². The van der Waals surface area contributed by atoms with Crippen LogP contribution in [-0.2, 0) is 20.7 Å². The van der Waals surface area contributed by atoms with Crippen LogP contribution in [0.25, 0.3) is 0 Å². The van der Waals surface area contributed by atoms with Gasteiger partial charge in [0.25, 0.3) is 0 Å². The highest BCUT2D eigenvalue weighted by atomic mass is 33.1. The summed E-state index contributed by atoms with van der Waals surface area (Å²) in [5, 5.41) is 27.1. The van der Waals surface area contributed by atoms with Gasteiger partial charge in [0.15, 0.2) is 0 Å². The highest BCUT2D eigenvalue weighted by molar-refractivity contribution is 8.77. The van der Waals surface area contributed by atoms with Gasteiger partial charge in [-0.05, 0) is 77.2 Å². The fourth-order valence-electron chi connectivity index (χ4n) is 4.72. The molecule has 1 aromatic rings. The fraction of sp³-hybridized carbons (Fsp3) is 0.512. The predicted molar refractivity (Wildman–Crippen MR) is 228 cm³/mol. The Morgan fingerprint density at radius 2 is 1.37 bits per heavy atom. The van der Waals surface area contributed by atoms with E-state index >= 15 is 0 Å². The zero-order valence-electron chi connectivity index (χ0n) is 32.6. The van der Waals surface area contributed by atoms with E-state index in [9.17, 15) is 19.5 Å². The molecule has 300 valence electrons. The Hall–Kier alpha value is -3.51. The Morgan fingerprint density at radius 3 is 1.94 bits per heavy atom. The minimum absolute atomic E-state index is 0.00839. The van der Waals surface area contributed by atoms with E-state index in [1.807, 2.05) is 50.3 Å². The van der Waals surface area contributed by atoms with Crippen LogP contribution in [0.1, 0.15) is 90.5 Å².